The maximum atomic E-state index is 13.5. The van der Waals surface area contributed by atoms with Gasteiger partial charge in [-0.05, 0) is 132 Å². The fourth-order valence-electron chi connectivity index (χ4n) is 6.34. The molecular formula is C41H41Cl5N4O8S2. The van der Waals surface area contributed by atoms with Gasteiger partial charge in [-0.1, -0.05) is 46.4 Å². The molecule has 0 aliphatic carbocycles. The molecule has 0 saturated carbocycles. The second-order valence-corrected chi connectivity index (χ2v) is 20.8. The second kappa shape index (κ2) is 20.7. The number of rotatable bonds is 8. The van der Waals surface area contributed by atoms with Crippen molar-refractivity contribution in [1.29, 1.82) is 10.5 Å². The Morgan fingerprint density at radius 1 is 0.667 bits per heavy atom. The van der Waals surface area contributed by atoms with Gasteiger partial charge in [0.25, 0.3) is 0 Å². The number of ether oxygens (including phenoxy) is 3. The summed E-state index contributed by atoms with van der Waals surface area (Å²) < 4.78 is 70.3. The summed E-state index contributed by atoms with van der Waals surface area (Å²) in [6.07, 6.45) is 1.04. The van der Waals surface area contributed by atoms with Gasteiger partial charge in [-0.25, -0.2) is 21.6 Å². The molecule has 0 unspecified atom stereocenters. The zero-order valence-electron chi connectivity index (χ0n) is 32.6. The Morgan fingerprint density at radius 3 is 1.42 bits per heavy atom. The van der Waals surface area contributed by atoms with Crippen molar-refractivity contribution in [2.24, 2.45) is 0 Å². The average Bonchev–Trinajstić information content (AvgIpc) is 3.17. The van der Waals surface area contributed by atoms with E-state index in [4.69, 9.17) is 65.9 Å². The maximum absolute atomic E-state index is 13.5. The number of nitriles is 2. The number of halogens is 5. The molecule has 2 saturated heterocycles. The van der Waals surface area contributed by atoms with Crippen LogP contribution in [-0.4, -0.2) is 70.1 Å². The van der Waals surface area contributed by atoms with E-state index in [2.05, 4.69) is 5.32 Å². The van der Waals surface area contributed by atoms with Gasteiger partial charge in [0.15, 0.2) is 19.7 Å². The molecule has 6 rings (SSSR count). The summed E-state index contributed by atoms with van der Waals surface area (Å²) in [5, 5.41) is 21.8. The van der Waals surface area contributed by atoms with Crippen molar-refractivity contribution in [2.45, 2.75) is 72.3 Å². The fourth-order valence-corrected chi connectivity index (χ4v) is 11.1. The molecule has 2 aliphatic heterocycles. The van der Waals surface area contributed by atoms with Crippen LogP contribution in [0, 0.1) is 22.7 Å². The Kier molecular flexibility index (Phi) is 16.8. The number of piperidine rings is 2. The molecule has 2 aliphatic rings. The zero-order valence-corrected chi connectivity index (χ0v) is 38.1. The molecule has 4 aromatic rings. The summed E-state index contributed by atoms with van der Waals surface area (Å²) in [6, 6.07) is 21.7. The Bertz CT molecular complexity index is 2470. The van der Waals surface area contributed by atoms with Gasteiger partial charge in [-0.15, -0.1) is 12.4 Å². The molecule has 19 heteroatoms. The average molecular weight is 959 g/mol. The van der Waals surface area contributed by atoms with Crippen LogP contribution in [0.4, 0.5) is 4.79 Å². The topological polar surface area (TPSA) is 176 Å². The van der Waals surface area contributed by atoms with Crippen molar-refractivity contribution in [1.82, 2.24) is 10.2 Å². The predicted molar refractivity (Wildman–Crippen MR) is 234 cm³/mol. The molecule has 0 radical (unpaired) electrons. The van der Waals surface area contributed by atoms with Gasteiger partial charge in [0.05, 0.1) is 33.8 Å². The van der Waals surface area contributed by atoms with Crippen LogP contribution in [0.1, 0.15) is 57.6 Å². The van der Waals surface area contributed by atoms with Crippen LogP contribution in [-0.2, 0) is 24.4 Å². The molecule has 2 fully saturated rings. The van der Waals surface area contributed by atoms with Crippen LogP contribution >= 0.6 is 58.8 Å². The number of nitrogens with zero attached hydrogens (tertiary/aromatic N) is 3. The highest BCUT2D eigenvalue weighted by Crippen LogP contribution is 2.38. The second-order valence-electron chi connectivity index (χ2n) is 14.7. The van der Waals surface area contributed by atoms with E-state index in [1.54, 1.807) is 39.0 Å². The molecule has 0 bridgehead atoms. The lowest BCUT2D eigenvalue weighted by Crippen LogP contribution is -2.44. The van der Waals surface area contributed by atoms with Crippen LogP contribution in [0.25, 0.3) is 0 Å². The molecular weight excluding hydrogens is 918 g/mol. The molecule has 0 aromatic heterocycles. The highest BCUT2D eigenvalue weighted by Gasteiger charge is 2.36. The first-order valence-electron chi connectivity index (χ1n) is 18.3. The highest BCUT2D eigenvalue weighted by molar-refractivity contribution is 7.92. The van der Waals surface area contributed by atoms with E-state index in [9.17, 15) is 26.9 Å². The lowest BCUT2D eigenvalue weighted by Gasteiger charge is -2.33. The van der Waals surface area contributed by atoms with Crippen molar-refractivity contribution in [2.75, 3.05) is 26.2 Å². The van der Waals surface area contributed by atoms with Gasteiger partial charge in [-0.2, -0.15) is 10.5 Å². The van der Waals surface area contributed by atoms with Gasteiger partial charge < -0.3 is 24.4 Å². The van der Waals surface area contributed by atoms with E-state index < -0.39 is 41.9 Å². The lowest BCUT2D eigenvalue weighted by atomic mass is 10.1. The smallest absolute Gasteiger partial charge is 0.410 e. The summed E-state index contributed by atoms with van der Waals surface area (Å²) in [4.78, 5) is 13.7. The molecule has 1 amide bonds. The summed E-state index contributed by atoms with van der Waals surface area (Å²) in [5.41, 5.74) is -0.182. The molecule has 0 atom stereocenters. The van der Waals surface area contributed by atoms with Crippen LogP contribution in [0.3, 0.4) is 0 Å². The predicted octanol–water partition coefficient (Wildman–Crippen LogP) is 10.4. The third-order valence-corrected chi connectivity index (χ3v) is 14.6. The van der Waals surface area contributed by atoms with E-state index in [0.717, 1.165) is 0 Å². The molecule has 60 heavy (non-hydrogen) atoms. The summed E-state index contributed by atoms with van der Waals surface area (Å²) >= 11 is 24.0. The zero-order chi connectivity index (χ0) is 43.1. The number of carbonyl (C=O) groups is 1. The molecule has 12 nitrogen and oxygen atoms in total. The molecule has 320 valence electrons. The van der Waals surface area contributed by atoms with Crippen molar-refractivity contribution >= 4 is 84.6 Å². The molecule has 0 spiro atoms. The van der Waals surface area contributed by atoms with Gasteiger partial charge in [0, 0.05) is 33.2 Å². The lowest BCUT2D eigenvalue weighted by molar-refractivity contribution is 0.0217. The van der Waals surface area contributed by atoms with Crippen molar-refractivity contribution in [3.05, 3.63) is 104 Å². The minimum absolute atomic E-state index is 0. The van der Waals surface area contributed by atoms with Crippen LogP contribution < -0.4 is 14.8 Å². The van der Waals surface area contributed by atoms with Crippen LogP contribution in [0.2, 0.25) is 20.1 Å². The number of amides is 1. The quantitative estimate of drug-likeness (QED) is 0.178. The van der Waals surface area contributed by atoms with Gasteiger partial charge >= 0.3 is 6.09 Å². The standard InChI is InChI=1S/C23H24Cl2N2O5S.C18H16Cl2N2O3S.ClH/c1-23(2,3)32-22(28)27-8-6-19(7-9-27)33(29,30)21-10-15(14-26)4-5-20(21)31-18-12-16(24)11-17(25)13-18;19-13-8-14(20)10-15(9-13)25-17-2-1-12(11-21)7-18(17)26(23,24)16-3-5-22-6-4-16;/h4-5,10-13,19H,6-9H2,1-3H3;1-2,7-10,16,22H,3-6H2;1H. The number of hydrogen-bond donors (Lipinski definition) is 1. The van der Waals surface area contributed by atoms with Crippen LogP contribution in [0.15, 0.2) is 82.6 Å². The Hall–Kier alpha value is -3.96. The molecule has 4 aromatic carbocycles. The van der Waals surface area contributed by atoms with E-state index in [1.807, 2.05) is 12.1 Å². The fraction of sp³-hybridized carbons (Fsp3) is 0.341. The molecule has 2 heterocycles. The van der Waals surface area contributed by atoms with Gasteiger partial charge in [-0.3, -0.25) is 0 Å². The van der Waals surface area contributed by atoms with Crippen molar-refractivity contribution in [3.8, 4) is 35.1 Å². The number of benzene rings is 4. The van der Waals surface area contributed by atoms with E-state index in [1.165, 1.54) is 59.5 Å². The Labute approximate surface area is 376 Å². The monoisotopic (exact) mass is 956 g/mol. The minimum atomic E-state index is -3.87. The largest absolute Gasteiger partial charge is 0.456 e. The van der Waals surface area contributed by atoms with Gasteiger partial charge in [0.1, 0.15) is 38.4 Å². The van der Waals surface area contributed by atoms with Crippen molar-refractivity contribution in [3.63, 3.8) is 0 Å². The normalized spacial score (nSPS) is 15.0. The third-order valence-electron chi connectivity index (χ3n) is 9.14. The SMILES string of the molecule is CC(C)(C)OC(=O)N1CCC(S(=O)(=O)c2cc(C#N)ccc2Oc2cc(Cl)cc(Cl)c2)CC1.Cl.N#Cc1ccc(Oc2cc(Cl)cc(Cl)c2)c(S(=O)(=O)C2CCNCC2)c1. The summed E-state index contributed by atoms with van der Waals surface area (Å²) in [5.74, 6) is 0.824. The van der Waals surface area contributed by atoms with E-state index >= 15 is 0 Å². The van der Waals surface area contributed by atoms with Crippen molar-refractivity contribution < 1.29 is 35.8 Å². The number of carbonyl (C=O) groups excluding carboxylic acids is 1. The number of nitrogens with one attached hydrogen (secondary N) is 1. The third kappa shape index (κ3) is 12.8. The Morgan fingerprint density at radius 2 is 1.05 bits per heavy atom. The highest BCUT2D eigenvalue weighted by atomic mass is 35.5. The van der Waals surface area contributed by atoms with Gasteiger partial charge in [0.2, 0.25) is 0 Å². The number of hydrogen-bond acceptors (Lipinski definition) is 11. The first kappa shape index (κ1) is 48.7. The Balaban J connectivity index is 0.000000267. The first-order valence-corrected chi connectivity index (χ1v) is 22.9. The number of likely N-dealkylation sites (tertiary alicyclic amines) is 1. The van der Waals surface area contributed by atoms with Crippen LogP contribution in [0.5, 0.6) is 23.0 Å². The van der Waals surface area contributed by atoms with E-state index in [-0.39, 0.29) is 76.5 Å². The maximum Gasteiger partial charge on any atom is 0.410 e. The minimum Gasteiger partial charge on any atom is -0.456 e. The number of sulfone groups is 2. The van der Waals surface area contributed by atoms with E-state index in [0.29, 0.717) is 51.8 Å². The summed E-state index contributed by atoms with van der Waals surface area (Å²) in [7, 11) is -7.52. The first-order chi connectivity index (χ1) is 27.8. The summed E-state index contributed by atoms with van der Waals surface area (Å²) in [6.45, 7) is 7.11. The molecule has 1 N–H and O–H groups in total.